The Hall–Kier alpha value is -1.15. The van der Waals surface area contributed by atoms with E-state index >= 15 is 0 Å². The third-order valence-corrected chi connectivity index (χ3v) is 3.81. The molecule has 0 saturated heterocycles. The third kappa shape index (κ3) is 2.81. The molecule has 1 aromatic rings. The molecule has 0 fully saturated rings. The summed E-state index contributed by atoms with van der Waals surface area (Å²) >= 11 is 0. The minimum absolute atomic E-state index is 0.240. The Labute approximate surface area is 112 Å². The van der Waals surface area contributed by atoms with Crippen molar-refractivity contribution in [3.05, 3.63) is 35.9 Å². The highest BCUT2D eigenvalue weighted by Crippen LogP contribution is 2.33. The van der Waals surface area contributed by atoms with Crippen molar-refractivity contribution in [3.8, 4) is 0 Å². The molecule has 0 amide bonds. The molecule has 0 bridgehead atoms. The predicted molar refractivity (Wildman–Crippen MR) is 79.3 cm³/mol. The molecule has 0 aromatic heterocycles. The van der Waals surface area contributed by atoms with Crippen LogP contribution in [-0.4, -0.2) is 24.7 Å². The molecule has 18 heavy (non-hydrogen) atoms. The van der Waals surface area contributed by atoms with Crippen LogP contribution < -0.4 is 0 Å². The Kier molecular flexibility index (Phi) is 5.54. The molecule has 0 aliphatic heterocycles. The number of nitrogens with zero attached hydrogens (tertiary/aromatic N) is 1. The summed E-state index contributed by atoms with van der Waals surface area (Å²) in [6.07, 6.45) is 4.07. The van der Waals surface area contributed by atoms with E-state index in [9.17, 15) is 0 Å². The number of hydrogen-bond donors (Lipinski definition) is 1. The van der Waals surface area contributed by atoms with E-state index in [1.54, 1.807) is 0 Å². The summed E-state index contributed by atoms with van der Waals surface area (Å²) in [6, 6.07) is 10.5. The molecule has 1 rings (SSSR count). The quantitative estimate of drug-likeness (QED) is 0.722. The second-order valence-electron chi connectivity index (χ2n) is 5.06. The van der Waals surface area contributed by atoms with Gasteiger partial charge in [-0.2, -0.15) is 0 Å². The fourth-order valence-electron chi connectivity index (χ4n) is 2.71. The predicted octanol–water partition coefficient (Wildman–Crippen LogP) is 4.06. The summed E-state index contributed by atoms with van der Waals surface area (Å²) in [7, 11) is 4.16. The van der Waals surface area contributed by atoms with Crippen molar-refractivity contribution >= 4 is 5.71 Å². The van der Waals surface area contributed by atoms with Gasteiger partial charge < -0.3 is 5.41 Å². The standard InChI is InChI=1S/C16H26N2/c1-5-7-13-15(17)16(6-2,18(3)4)14-11-9-8-10-12-14/h8-12,17H,5-7,13H2,1-4H3/t16-/m1/s1. The van der Waals surface area contributed by atoms with Gasteiger partial charge in [-0.15, -0.1) is 0 Å². The van der Waals surface area contributed by atoms with Crippen LogP contribution in [0.3, 0.4) is 0 Å². The summed E-state index contributed by atoms with van der Waals surface area (Å²) in [4.78, 5) is 2.19. The van der Waals surface area contributed by atoms with Gasteiger partial charge in [-0.05, 0) is 38.9 Å². The van der Waals surface area contributed by atoms with Gasteiger partial charge in [0, 0.05) is 5.71 Å². The van der Waals surface area contributed by atoms with E-state index in [0.717, 1.165) is 31.4 Å². The van der Waals surface area contributed by atoms with Gasteiger partial charge in [0.1, 0.15) is 0 Å². The second kappa shape index (κ2) is 6.69. The molecule has 2 heteroatoms. The Morgan fingerprint density at radius 1 is 1.17 bits per heavy atom. The van der Waals surface area contributed by atoms with Crippen molar-refractivity contribution in [2.45, 2.75) is 45.1 Å². The van der Waals surface area contributed by atoms with E-state index in [2.05, 4.69) is 57.1 Å². The van der Waals surface area contributed by atoms with Gasteiger partial charge in [0.05, 0.1) is 5.54 Å². The highest BCUT2D eigenvalue weighted by molar-refractivity contribution is 5.92. The van der Waals surface area contributed by atoms with Crippen molar-refractivity contribution in [1.82, 2.24) is 4.90 Å². The zero-order valence-corrected chi connectivity index (χ0v) is 12.2. The Morgan fingerprint density at radius 2 is 1.78 bits per heavy atom. The second-order valence-corrected chi connectivity index (χ2v) is 5.06. The van der Waals surface area contributed by atoms with Crippen LogP contribution in [0.5, 0.6) is 0 Å². The van der Waals surface area contributed by atoms with Gasteiger partial charge in [0.25, 0.3) is 0 Å². The van der Waals surface area contributed by atoms with Gasteiger partial charge in [0.2, 0.25) is 0 Å². The topological polar surface area (TPSA) is 27.1 Å². The zero-order valence-electron chi connectivity index (χ0n) is 12.2. The minimum atomic E-state index is -0.240. The van der Waals surface area contributed by atoms with Crippen molar-refractivity contribution in [3.63, 3.8) is 0 Å². The maximum Gasteiger partial charge on any atom is 0.0834 e. The first-order valence-corrected chi connectivity index (χ1v) is 6.90. The van der Waals surface area contributed by atoms with Crippen molar-refractivity contribution in [2.75, 3.05) is 14.1 Å². The van der Waals surface area contributed by atoms with Crippen LogP contribution in [0, 0.1) is 5.41 Å². The molecular weight excluding hydrogens is 220 g/mol. The van der Waals surface area contributed by atoms with Crippen LogP contribution in [0.1, 0.15) is 45.1 Å². The lowest BCUT2D eigenvalue weighted by Crippen LogP contribution is -2.47. The number of benzene rings is 1. The molecule has 0 saturated carbocycles. The number of unbranched alkanes of at least 4 members (excludes halogenated alkanes) is 1. The van der Waals surface area contributed by atoms with E-state index in [4.69, 9.17) is 5.41 Å². The molecular formula is C16H26N2. The average molecular weight is 246 g/mol. The largest absolute Gasteiger partial charge is 0.307 e. The maximum absolute atomic E-state index is 8.52. The summed E-state index contributed by atoms with van der Waals surface area (Å²) in [5.74, 6) is 0. The van der Waals surface area contributed by atoms with E-state index in [1.807, 2.05) is 6.07 Å². The lowest BCUT2D eigenvalue weighted by molar-refractivity contribution is 0.220. The van der Waals surface area contributed by atoms with E-state index in [1.165, 1.54) is 5.56 Å². The number of nitrogens with one attached hydrogen (secondary N) is 1. The molecule has 1 N–H and O–H groups in total. The van der Waals surface area contributed by atoms with Crippen LogP contribution in [0.2, 0.25) is 0 Å². The highest BCUT2D eigenvalue weighted by atomic mass is 15.2. The molecule has 0 aliphatic rings. The minimum Gasteiger partial charge on any atom is -0.307 e. The molecule has 0 heterocycles. The fraction of sp³-hybridized carbons (Fsp3) is 0.562. The van der Waals surface area contributed by atoms with Crippen molar-refractivity contribution in [1.29, 1.82) is 5.41 Å². The van der Waals surface area contributed by atoms with Crippen LogP contribution in [0.4, 0.5) is 0 Å². The average Bonchev–Trinajstić information content (AvgIpc) is 2.38. The van der Waals surface area contributed by atoms with E-state index in [0.29, 0.717) is 0 Å². The van der Waals surface area contributed by atoms with Crippen LogP contribution >= 0.6 is 0 Å². The first-order valence-electron chi connectivity index (χ1n) is 6.90. The summed E-state index contributed by atoms with van der Waals surface area (Å²) < 4.78 is 0. The Morgan fingerprint density at radius 3 is 2.22 bits per heavy atom. The lowest BCUT2D eigenvalue weighted by atomic mass is 9.79. The van der Waals surface area contributed by atoms with Gasteiger partial charge in [-0.25, -0.2) is 0 Å². The first-order chi connectivity index (χ1) is 8.59. The summed E-state index contributed by atoms with van der Waals surface area (Å²) in [5.41, 5.74) is 1.83. The third-order valence-electron chi connectivity index (χ3n) is 3.81. The van der Waals surface area contributed by atoms with Crippen LogP contribution in [0.15, 0.2) is 30.3 Å². The maximum atomic E-state index is 8.52. The normalized spacial score (nSPS) is 14.5. The van der Waals surface area contributed by atoms with Gasteiger partial charge >= 0.3 is 0 Å². The number of hydrogen-bond acceptors (Lipinski definition) is 2. The number of rotatable bonds is 7. The SMILES string of the molecule is CCCCC(=N)[C@@](CC)(c1ccccc1)N(C)C. The fourth-order valence-corrected chi connectivity index (χ4v) is 2.71. The highest BCUT2D eigenvalue weighted by Gasteiger charge is 2.36. The van der Waals surface area contributed by atoms with Gasteiger partial charge in [0.15, 0.2) is 0 Å². The molecule has 0 unspecified atom stereocenters. The van der Waals surface area contributed by atoms with Gasteiger partial charge in [-0.1, -0.05) is 50.6 Å². The lowest BCUT2D eigenvalue weighted by Gasteiger charge is -2.40. The zero-order chi connectivity index (χ0) is 13.6. The van der Waals surface area contributed by atoms with Crippen molar-refractivity contribution < 1.29 is 0 Å². The Bertz CT molecular complexity index is 370. The molecule has 1 aromatic carbocycles. The van der Waals surface area contributed by atoms with E-state index in [-0.39, 0.29) is 5.54 Å². The Balaban J connectivity index is 3.14. The molecule has 1 atom stereocenters. The molecule has 2 nitrogen and oxygen atoms in total. The summed E-state index contributed by atoms with van der Waals surface area (Å²) in [6.45, 7) is 4.35. The van der Waals surface area contributed by atoms with Crippen LogP contribution in [0.25, 0.3) is 0 Å². The molecule has 0 radical (unpaired) electrons. The van der Waals surface area contributed by atoms with Crippen molar-refractivity contribution in [2.24, 2.45) is 0 Å². The first kappa shape index (κ1) is 14.9. The molecule has 0 aliphatic carbocycles. The smallest absolute Gasteiger partial charge is 0.0834 e. The summed E-state index contributed by atoms with van der Waals surface area (Å²) in [5, 5.41) is 8.52. The van der Waals surface area contributed by atoms with E-state index < -0.39 is 0 Å². The van der Waals surface area contributed by atoms with Gasteiger partial charge in [-0.3, -0.25) is 4.90 Å². The molecule has 0 spiro atoms. The monoisotopic (exact) mass is 246 g/mol. The molecule has 100 valence electrons. The van der Waals surface area contributed by atoms with Crippen LogP contribution in [-0.2, 0) is 5.54 Å².